The first-order valence-corrected chi connectivity index (χ1v) is 12.9. The SMILES string of the molecule is CN(C)Cc1nc(Nc2ccc(-c3cnc4cnc5occc5n34)c3c2C(=O)NC3)ccc1N1CCOCC1=O. The van der Waals surface area contributed by atoms with Gasteiger partial charge in [0.1, 0.15) is 17.9 Å². The van der Waals surface area contributed by atoms with Gasteiger partial charge in [0.05, 0.1) is 53.6 Å². The average molecular weight is 539 g/mol. The topological polar surface area (TPSA) is 130 Å². The van der Waals surface area contributed by atoms with Crippen LogP contribution in [0, 0.1) is 0 Å². The van der Waals surface area contributed by atoms with Crippen molar-refractivity contribution >= 4 is 45.9 Å². The molecular formula is C28H26N8O4. The number of fused-ring (bicyclic) bond motifs is 4. The standard InChI is InChI=1S/C28H26N8O4/c1-34(2)14-19-20(35-8-10-39-15-25(35)37)5-6-23(33-19)32-18-4-3-16(17-11-30-27(38)26(17)18)22-12-29-24-13-31-28-21(36(22)24)7-9-40-28/h3-7,9,12-13H,8,10-11,14-15H2,1-2H3,(H,30,38)(H,32,33). The van der Waals surface area contributed by atoms with Gasteiger partial charge >= 0.3 is 0 Å². The molecule has 6 heterocycles. The van der Waals surface area contributed by atoms with Gasteiger partial charge < -0.3 is 29.6 Å². The fraction of sp³-hybridized carbons (Fsp3) is 0.250. The third-order valence-corrected chi connectivity index (χ3v) is 7.15. The van der Waals surface area contributed by atoms with Crippen molar-refractivity contribution in [1.29, 1.82) is 0 Å². The van der Waals surface area contributed by atoms with Crippen LogP contribution < -0.4 is 15.5 Å². The summed E-state index contributed by atoms with van der Waals surface area (Å²) < 4.78 is 12.8. The highest BCUT2D eigenvalue weighted by Gasteiger charge is 2.28. The summed E-state index contributed by atoms with van der Waals surface area (Å²) >= 11 is 0. The number of hydrogen-bond acceptors (Lipinski definition) is 9. The molecule has 12 nitrogen and oxygen atoms in total. The lowest BCUT2D eigenvalue weighted by atomic mass is 9.99. The number of nitrogens with one attached hydrogen (secondary N) is 2. The first-order valence-electron chi connectivity index (χ1n) is 12.9. The second-order valence-electron chi connectivity index (χ2n) is 10.0. The van der Waals surface area contributed by atoms with E-state index in [1.165, 1.54) is 0 Å². The lowest BCUT2D eigenvalue weighted by Gasteiger charge is -2.29. The summed E-state index contributed by atoms with van der Waals surface area (Å²) in [4.78, 5) is 43.0. The molecule has 0 aliphatic carbocycles. The Bertz CT molecular complexity index is 1810. The number of furan rings is 1. The number of benzene rings is 1. The number of ether oxygens (including phenoxy) is 1. The largest absolute Gasteiger partial charge is 0.445 e. The van der Waals surface area contributed by atoms with Gasteiger partial charge in [0.15, 0.2) is 5.65 Å². The molecule has 2 amide bonds. The summed E-state index contributed by atoms with van der Waals surface area (Å²) in [6.45, 7) is 1.95. The second kappa shape index (κ2) is 9.43. The van der Waals surface area contributed by atoms with Gasteiger partial charge in [0.25, 0.3) is 11.8 Å². The van der Waals surface area contributed by atoms with E-state index in [0.29, 0.717) is 54.7 Å². The van der Waals surface area contributed by atoms with E-state index >= 15 is 0 Å². The monoisotopic (exact) mass is 538 g/mol. The minimum Gasteiger partial charge on any atom is -0.445 e. The molecule has 0 saturated carbocycles. The molecule has 4 aromatic heterocycles. The molecular weight excluding hydrogens is 512 g/mol. The van der Waals surface area contributed by atoms with Crippen molar-refractivity contribution in [3.63, 3.8) is 0 Å². The van der Waals surface area contributed by atoms with Crippen LogP contribution in [0.3, 0.4) is 0 Å². The second-order valence-corrected chi connectivity index (χ2v) is 10.0. The number of morpholine rings is 1. The maximum absolute atomic E-state index is 13.1. The molecule has 2 aliphatic heterocycles. The third kappa shape index (κ3) is 3.96. The fourth-order valence-electron chi connectivity index (χ4n) is 5.41. The average Bonchev–Trinajstić information content (AvgIpc) is 3.68. The number of pyridine rings is 1. The molecule has 202 valence electrons. The Morgan fingerprint density at radius 3 is 2.85 bits per heavy atom. The molecule has 0 atom stereocenters. The first-order chi connectivity index (χ1) is 19.5. The van der Waals surface area contributed by atoms with Crippen molar-refractivity contribution in [2.75, 3.05) is 44.1 Å². The van der Waals surface area contributed by atoms with E-state index in [0.717, 1.165) is 33.7 Å². The van der Waals surface area contributed by atoms with Gasteiger partial charge in [0.2, 0.25) is 5.71 Å². The van der Waals surface area contributed by atoms with Crippen molar-refractivity contribution in [2.24, 2.45) is 0 Å². The Kier molecular flexibility index (Phi) is 5.72. The van der Waals surface area contributed by atoms with Crippen LogP contribution in [0.25, 0.3) is 28.1 Å². The number of carbonyl (C=O) groups excluding carboxylic acids is 2. The Morgan fingerprint density at radius 2 is 2.00 bits per heavy atom. The van der Waals surface area contributed by atoms with Gasteiger partial charge in [0, 0.05) is 31.3 Å². The highest BCUT2D eigenvalue weighted by molar-refractivity contribution is 6.06. The van der Waals surface area contributed by atoms with Crippen LogP contribution in [0.4, 0.5) is 17.2 Å². The van der Waals surface area contributed by atoms with Gasteiger partial charge in [-0.05, 0) is 37.9 Å². The van der Waals surface area contributed by atoms with Crippen molar-refractivity contribution in [3.8, 4) is 11.3 Å². The lowest BCUT2D eigenvalue weighted by Crippen LogP contribution is -2.42. The summed E-state index contributed by atoms with van der Waals surface area (Å²) in [7, 11) is 3.91. The number of rotatable bonds is 6. The molecule has 1 saturated heterocycles. The van der Waals surface area contributed by atoms with Crippen molar-refractivity contribution in [1.82, 2.24) is 29.6 Å². The molecule has 40 heavy (non-hydrogen) atoms. The summed E-state index contributed by atoms with van der Waals surface area (Å²) in [6.07, 6.45) is 5.05. The number of amides is 2. The quantitative estimate of drug-likeness (QED) is 0.335. The van der Waals surface area contributed by atoms with Gasteiger partial charge in [-0.1, -0.05) is 6.07 Å². The van der Waals surface area contributed by atoms with Gasteiger partial charge in [-0.2, -0.15) is 0 Å². The van der Waals surface area contributed by atoms with Crippen LogP contribution in [-0.2, 0) is 22.6 Å². The van der Waals surface area contributed by atoms with E-state index in [9.17, 15) is 9.59 Å². The molecule has 2 aliphatic rings. The van der Waals surface area contributed by atoms with Gasteiger partial charge in [-0.3, -0.25) is 14.0 Å². The zero-order valence-corrected chi connectivity index (χ0v) is 22.0. The molecule has 0 bridgehead atoms. The van der Waals surface area contributed by atoms with Crippen molar-refractivity contribution in [2.45, 2.75) is 13.1 Å². The Balaban J connectivity index is 1.28. The third-order valence-electron chi connectivity index (χ3n) is 7.15. The normalized spacial score (nSPS) is 15.3. The first kappa shape index (κ1) is 24.2. The molecule has 5 aromatic rings. The molecule has 0 unspecified atom stereocenters. The van der Waals surface area contributed by atoms with E-state index in [4.69, 9.17) is 14.1 Å². The van der Waals surface area contributed by atoms with Crippen molar-refractivity contribution in [3.05, 3.63) is 65.8 Å². The van der Waals surface area contributed by atoms with Crippen LogP contribution in [0.1, 0.15) is 21.6 Å². The molecule has 1 aromatic carbocycles. The number of aromatic nitrogens is 4. The highest BCUT2D eigenvalue weighted by Crippen LogP contribution is 2.36. The number of anilines is 3. The molecule has 1 fully saturated rings. The number of nitrogens with zero attached hydrogens (tertiary/aromatic N) is 6. The van der Waals surface area contributed by atoms with Crippen LogP contribution in [0.2, 0.25) is 0 Å². The van der Waals surface area contributed by atoms with Gasteiger partial charge in [-0.15, -0.1) is 0 Å². The van der Waals surface area contributed by atoms with E-state index in [-0.39, 0.29) is 18.4 Å². The summed E-state index contributed by atoms with van der Waals surface area (Å²) in [5.74, 6) is 0.332. The molecule has 0 spiro atoms. The fourth-order valence-corrected chi connectivity index (χ4v) is 5.41. The number of hydrogen-bond donors (Lipinski definition) is 2. The van der Waals surface area contributed by atoms with E-state index < -0.39 is 0 Å². The number of imidazole rings is 1. The minimum atomic E-state index is -0.160. The maximum Gasteiger partial charge on any atom is 0.254 e. The summed E-state index contributed by atoms with van der Waals surface area (Å²) in [5, 5.41) is 6.32. The predicted molar refractivity (Wildman–Crippen MR) is 147 cm³/mol. The molecule has 12 heteroatoms. The van der Waals surface area contributed by atoms with Gasteiger partial charge in [-0.25, -0.2) is 15.0 Å². The Morgan fingerprint density at radius 1 is 1.10 bits per heavy atom. The summed E-state index contributed by atoms with van der Waals surface area (Å²) in [6, 6.07) is 9.45. The Labute approximate surface area is 228 Å². The van der Waals surface area contributed by atoms with E-state index in [1.807, 2.05) is 53.7 Å². The van der Waals surface area contributed by atoms with Crippen LogP contribution in [0.15, 0.2) is 53.4 Å². The smallest absolute Gasteiger partial charge is 0.254 e. The molecule has 2 N–H and O–H groups in total. The molecule has 7 rings (SSSR count). The Hall–Kier alpha value is -4.81. The highest BCUT2D eigenvalue weighted by atomic mass is 16.5. The minimum absolute atomic E-state index is 0.0596. The van der Waals surface area contributed by atoms with E-state index in [2.05, 4.69) is 20.6 Å². The zero-order chi connectivity index (χ0) is 27.4. The lowest BCUT2D eigenvalue weighted by molar-refractivity contribution is -0.125. The van der Waals surface area contributed by atoms with Crippen molar-refractivity contribution < 1.29 is 18.7 Å². The van der Waals surface area contributed by atoms with E-state index in [1.54, 1.807) is 23.6 Å². The van der Waals surface area contributed by atoms with Crippen LogP contribution >= 0.6 is 0 Å². The van der Waals surface area contributed by atoms with Crippen LogP contribution in [0.5, 0.6) is 0 Å². The zero-order valence-electron chi connectivity index (χ0n) is 22.0. The molecule has 0 radical (unpaired) electrons. The summed E-state index contributed by atoms with van der Waals surface area (Å²) in [5.41, 5.74) is 7.33. The maximum atomic E-state index is 13.1. The predicted octanol–water partition coefficient (Wildman–Crippen LogP) is 2.95. The van der Waals surface area contributed by atoms with Crippen LogP contribution in [-0.4, -0.2) is 69.9 Å². The number of carbonyl (C=O) groups is 2.